The maximum atomic E-state index is 12.0. The van der Waals surface area contributed by atoms with E-state index >= 15 is 0 Å². The van der Waals surface area contributed by atoms with E-state index in [1.807, 2.05) is 0 Å². The van der Waals surface area contributed by atoms with Crippen LogP contribution in [0.4, 0.5) is 39.8 Å². The maximum absolute atomic E-state index is 12.0. The van der Waals surface area contributed by atoms with Gasteiger partial charge in [-0.1, -0.05) is 12.1 Å². The zero-order chi connectivity index (χ0) is 52.6. The summed E-state index contributed by atoms with van der Waals surface area (Å²) in [6, 6.07) is 17.2. The van der Waals surface area contributed by atoms with Gasteiger partial charge in [0, 0.05) is 29.8 Å². The number of azo groups is 3. The number of nitro benzene ring substituents is 1. The van der Waals surface area contributed by atoms with Crippen molar-refractivity contribution in [1.82, 2.24) is 9.38 Å². The normalized spacial score (nSPS) is 12.4. The standard InChI is InChI=1S/C39H36N10O14S3.CH4O3S/c1-22-16-31(34(62-12-6-14-64(53,54)55)19-29(22)43-42-28-11-10-25(49(51)52)18-36(28)66(59,60)61)45-44-30-20-35(63-13-7-15-65(56,57)58)32(17-23(30)2)46-47-37-24(3)26(21-40)38-41-27-8-4-5-9-33(27)48(38)39(37)50;1-5(2,3)4/h4-5,8-11,16-20,50H,6-7,12-15H2,1-3H3,(H,53,54,55)(H,56,57,58)(H,59,60,61);1H3,(H,2,3,4). The lowest BCUT2D eigenvalue weighted by Gasteiger charge is -2.12. The van der Waals surface area contributed by atoms with Crippen LogP contribution >= 0.6 is 0 Å². The fraction of sp³-hybridized carbons (Fsp3) is 0.250. The number of aromatic hydroxyl groups is 1. The number of nitriles is 1. The highest BCUT2D eigenvalue weighted by Gasteiger charge is 2.23. The topological polar surface area (TPSA) is 415 Å². The molecule has 2 aromatic heterocycles. The van der Waals surface area contributed by atoms with E-state index in [1.54, 1.807) is 45.0 Å². The van der Waals surface area contributed by atoms with E-state index in [9.17, 15) is 67.8 Å². The Morgan fingerprint density at radius 1 is 0.704 bits per heavy atom. The second kappa shape index (κ2) is 22.1. The second-order valence-corrected chi connectivity index (χ2v) is 20.9. The van der Waals surface area contributed by atoms with Crippen LogP contribution in [0.15, 0.2) is 102 Å². The van der Waals surface area contributed by atoms with Crippen LogP contribution < -0.4 is 9.47 Å². The highest BCUT2D eigenvalue weighted by Crippen LogP contribution is 2.42. The number of benzene rings is 4. The first-order valence-electron chi connectivity index (χ1n) is 20.0. The van der Waals surface area contributed by atoms with E-state index in [2.05, 4.69) is 41.7 Å². The molecule has 0 aliphatic heterocycles. The van der Waals surface area contributed by atoms with Crippen molar-refractivity contribution < 1.29 is 71.4 Å². The van der Waals surface area contributed by atoms with E-state index in [0.29, 0.717) is 34.5 Å². The van der Waals surface area contributed by atoms with Crippen LogP contribution in [0.2, 0.25) is 0 Å². The van der Waals surface area contributed by atoms with Gasteiger partial charge in [0.05, 0.1) is 58.3 Å². The van der Waals surface area contributed by atoms with Crippen molar-refractivity contribution in [2.45, 2.75) is 38.5 Å². The third-order valence-corrected chi connectivity index (χ3v) is 11.9. The van der Waals surface area contributed by atoms with Crippen LogP contribution in [0.25, 0.3) is 16.7 Å². The molecule has 6 rings (SSSR count). The number of aryl methyl sites for hydroxylation is 2. The van der Waals surface area contributed by atoms with Crippen molar-refractivity contribution in [3.05, 3.63) is 99.1 Å². The van der Waals surface area contributed by atoms with Gasteiger partial charge >= 0.3 is 0 Å². The predicted molar refractivity (Wildman–Crippen MR) is 252 cm³/mol. The van der Waals surface area contributed by atoms with E-state index in [0.717, 1.165) is 12.1 Å². The van der Waals surface area contributed by atoms with Gasteiger partial charge in [0.2, 0.25) is 5.88 Å². The minimum Gasteiger partial charge on any atom is -0.493 e. The number of aromatic nitrogens is 2. The highest BCUT2D eigenvalue weighted by atomic mass is 32.2. The molecule has 6 aromatic rings. The zero-order valence-corrected chi connectivity index (χ0v) is 40.6. The van der Waals surface area contributed by atoms with Gasteiger partial charge in [-0.2, -0.15) is 49.2 Å². The van der Waals surface area contributed by atoms with E-state index in [-0.39, 0.29) is 88.6 Å². The average Bonchev–Trinajstić information content (AvgIpc) is 3.64. The average molecular weight is 1060 g/mol. The van der Waals surface area contributed by atoms with Crippen molar-refractivity contribution in [2.75, 3.05) is 31.0 Å². The summed E-state index contributed by atoms with van der Waals surface area (Å²) in [5.41, 5.74) is 1.62. The number of pyridine rings is 1. The molecular weight excluding hydrogens is 1020 g/mol. The number of hydrogen-bond acceptors (Lipinski definition) is 21. The molecule has 0 unspecified atom stereocenters. The SMILES string of the molecule is CS(=O)(=O)O.Cc1cc(N=Nc2c(C)c(C#N)c3nc4ccccc4n3c2O)c(OCCCS(=O)(=O)O)cc1N=Nc1cc(C)c(N=Nc2ccc([N+](=O)[O-])cc2S(=O)(=O)O)cc1OCCCS(=O)(=O)O. The fourth-order valence-corrected chi connectivity index (χ4v) is 7.83. The summed E-state index contributed by atoms with van der Waals surface area (Å²) in [5, 5.41) is 58.0. The first kappa shape index (κ1) is 54.5. The number of hydrogen-bond donors (Lipinski definition) is 5. The monoisotopic (exact) mass is 1060 g/mol. The Bertz CT molecular complexity index is 3660. The number of nitrogens with zero attached hydrogens (tertiary/aromatic N) is 10. The lowest BCUT2D eigenvalue weighted by Crippen LogP contribution is -2.08. The fourth-order valence-electron chi connectivity index (χ4n) is 6.22. The number of para-hydroxylation sites is 2. The zero-order valence-electron chi connectivity index (χ0n) is 37.3. The van der Waals surface area contributed by atoms with Gasteiger partial charge < -0.3 is 14.6 Å². The molecule has 0 aliphatic rings. The molecule has 31 heteroatoms. The summed E-state index contributed by atoms with van der Waals surface area (Å²) in [5.74, 6) is -1.67. The van der Waals surface area contributed by atoms with Crippen LogP contribution in [0.1, 0.15) is 35.1 Å². The highest BCUT2D eigenvalue weighted by molar-refractivity contribution is 7.86. The van der Waals surface area contributed by atoms with Crippen LogP contribution in [-0.4, -0.2) is 102 Å². The molecule has 0 saturated heterocycles. The number of imidazole rings is 1. The molecule has 376 valence electrons. The molecular formula is C40H40N10O17S4. The van der Waals surface area contributed by atoms with Gasteiger partial charge in [0.1, 0.15) is 45.1 Å². The molecule has 0 aliphatic carbocycles. The smallest absolute Gasteiger partial charge is 0.297 e. The Morgan fingerprint density at radius 3 is 1.66 bits per heavy atom. The molecule has 0 fully saturated rings. The van der Waals surface area contributed by atoms with Crippen LogP contribution in [0.5, 0.6) is 17.4 Å². The molecule has 0 atom stereocenters. The summed E-state index contributed by atoms with van der Waals surface area (Å²) in [6.07, 6.45) is 0.404. The Morgan fingerprint density at radius 2 is 1.18 bits per heavy atom. The van der Waals surface area contributed by atoms with Gasteiger partial charge in [0.25, 0.3) is 46.2 Å². The van der Waals surface area contributed by atoms with Gasteiger partial charge in [-0.25, -0.2) is 4.98 Å². The van der Waals surface area contributed by atoms with E-state index < -0.39 is 73.2 Å². The number of rotatable bonds is 18. The lowest BCUT2D eigenvalue weighted by molar-refractivity contribution is -0.385. The Labute approximate surface area is 404 Å². The van der Waals surface area contributed by atoms with Gasteiger partial charge in [-0.05, 0) is 75.1 Å². The molecule has 0 spiro atoms. The van der Waals surface area contributed by atoms with Crippen molar-refractivity contribution in [2.24, 2.45) is 30.7 Å². The molecule has 2 heterocycles. The van der Waals surface area contributed by atoms with Crippen LogP contribution in [-0.2, 0) is 40.5 Å². The lowest BCUT2D eigenvalue weighted by atomic mass is 10.1. The molecule has 4 aromatic carbocycles. The van der Waals surface area contributed by atoms with Crippen molar-refractivity contribution in [3.63, 3.8) is 0 Å². The van der Waals surface area contributed by atoms with E-state index in [1.165, 1.54) is 28.7 Å². The van der Waals surface area contributed by atoms with Crippen LogP contribution in [0, 0.1) is 42.2 Å². The van der Waals surface area contributed by atoms with Crippen molar-refractivity contribution >= 4 is 97.0 Å². The maximum Gasteiger partial charge on any atom is 0.297 e. The van der Waals surface area contributed by atoms with Gasteiger partial charge in [-0.15, -0.1) is 20.5 Å². The molecule has 0 radical (unpaired) electrons. The minimum absolute atomic E-state index is 0.00424. The number of fused-ring (bicyclic) bond motifs is 3. The molecule has 0 saturated carbocycles. The molecule has 0 amide bonds. The number of ether oxygens (including phenoxy) is 2. The largest absolute Gasteiger partial charge is 0.493 e. The van der Waals surface area contributed by atoms with Gasteiger partial charge in [-0.3, -0.25) is 32.7 Å². The first-order valence-corrected chi connectivity index (χ1v) is 26.5. The van der Waals surface area contributed by atoms with E-state index in [4.69, 9.17) is 14.0 Å². The summed E-state index contributed by atoms with van der Waals surface area (Å²) in [7, 11) is -17.3. The molecule has 0 bridgehead atoms. The summed E-state index contributed by atoms with van der Waals surface area (Å²) < 4.78 is 137. The summed E-state index contributed by atoms with van der Waals surface area (Å²) in [6.45, 7) is 4.25. The molecule has 71 heavy (non-hydrogen) atoms. The van der Waals surface area contributed by atoms with Crippen molar-refractivity contribution in [3.8, 4) is 23.4 Å². The molecule has 5 N–H and O–H groups in total. The third-order valence-electron chi connectivity index (χ3n) is 9.43. The summed E-state index contributed by atoms with van der Waals surface area (Å²) >= 11 is 0. The van der Waals surface area contributed by atoms with Crippen molar-refractivity contribution in [1.29, 1.82) is 5.26 Å². The number of non-ortho nitro benzene ring substituents is 1. The third kappa shape index (κ3) is 15.0. The second-order valence-electron chi connectivity index (χ2n) is 14.9. The number of nitro groups is 1. The van der Waals surface area contributed by atoms with Crippen LogP contribution in [0.3, 0.4) is 0 Å². The van der Waals surface area contributed by atoms with Gasteiger partial charge in [0.15, 0.2) is 11.3 Å². The Balaban J connectivity index is 0.00000178. The Kier molecular flexibility index (Phi) is 17.0. The minimum atomic E-state index is -4.99. The molecule has 27 nitrogen and oxygen atoms in total. The Hall–Kier alpha value is -7.44. The summed E-state index contributed by atoms with van der Waals surface area (Å²) in [4.78, 5) is 14.0. The predicted octanol–water partition coefficient (Wildman–Crippen LogP) is 8.21. The first-order chi connectivity index (χ1) is 33.0. The quantitative estimate of drug-likeness (QED) is 0.0178.